The number of nitrogens with zero attached hydrogens (tertiary/aromatic N) is 3. The van der Waals surface area contributed by atoms with Gasteiger partial charge in [-0.15, -0.1) is 11.8 Å². The molecule has 7 nitrogen and oxygen atoms in total. The van der Waals surface area contributed by atoms with E-state index in [-0.39, 0.29) is 10.6 Å². The Labute approximate surface area is 190 Å². The number of benzene rings is 2. The first kappa shape index (κ1) is 21.9. The van der Waals surface area contributed by atoms with Crippen LogP contribution in [-0.4, -0.2) is 50.9 Å². The van der Waals surface area contributed by atoms with Crippen LogP contribution in [0.2, 0.25) is 5.15 Å². The summed E-state index contributed by atoms with van der Waals surface area (Å²) in [5.41, 5.74) is 0.702. The quantitative estimate of drug-likeness (QED) is 0.298. The highest BCUT2D eigenvalue weighted by atomic mass is 35.5. The molecule has 4 rings (SSSR count). The second-order valence-corrected chi connectivity index (χ2v) is 9.39. The van der Waals surface area contributed by atoms with Gasteiger partial charge >= 0.3 is 10.1 Å². The Kier molecular flexibility index (Phi) is 6.66. The van der Waals surface area contributed by atoms with Crippen LogP contribution >= 0.6 is 23.4 Å². The molecule has 2 aromatic carbocycles. The molecule has 0 radical (unpaired) electrons. The first-order chi connectivity index (χ1) is 15.0. The molecule has 0 amide bonds. The van der Waals surface area contributed by atoms with Crippen LogP contribution in [-0.2, 0) is 14.9 Å². The Morgan fingerprint density at radius 2 is 1.71 bits per heavy atom. The van der Waals surface area contributed by atoms with Gasteiger partial charge in [-0.3, -0.25) is 0 Å². The number of anilines is 1. The van der Waals surface area contributed by atoms with Crippen LogP contribution < -0.4 is 9.08 Å². The summed E-state index contributed by atoms with van der Waals surface area (Å²) in [5, 5.41) is 0.381. The molecule has 1 aliphatic rings. The van der Waals surface area contributed by atoms with E-state index >= 15 is 0 Å². The minimum absolute atomic E-state index is 0.0944. The summed E-state index contributed by atoms with van der Waals surface area (Å²) >= 11 is 7.96. The smallest absolute Gasteiger partial charge is 0.339 e. The van der Waals surface area contributed by atoms with E-state index in [0.717, 1.165) is 23.8 Å². The zero-order valence-corrected chi connectivity index (χ0v) is 19.1. The third kappa shape index (κ3) is 4.95. The van der Waals surface area contributed by atoms with Crippen LogP contribution in [0.1, 0.15) is 0 Å². The van der Waals surface area contributed by atoms with Gasteiger partial charge in [0.1, 0.15) is 21.6 Å². The van der Waals surface area contributed by atoms with E-state index in [0.29, 0.717) is 29.8 Å². The molecule has 1 aromatic heterocycles. The van der Waals surface area contributed by atoms with Gasteiger partial charge in [-0.05, 0) is 42.7 Å². The topological polar surface area (TPSA) is 81.6 Å². The van der Waals surface area contributed by atoms with Gasteiger partial charge in [0.05, 0.1) is 18.1 Å². The summed E-state index contributed by atoms with van der Waals surface area (Å²) in [6, 6.07) is 14.6. The van der Waals surface area contributed by atoms with Crippen LogP contribution in [0.25, 0.3) is 11.4 Å². The molecule has 0 unspecified atom stereocenters. The average molecular weight is 478 g/mol. The predicted octanol–water partition coefficient (Wildman–Crippen LogP) is 4.12. The third-order valence-electron chi connectivity index (χ3n) is 4.67. The maximum absolute atomic E-state index is 12.4. The largest absolute Gasteiger partial charge is 0.379 e. The minimum Gasteiger partial charge on any atom is -0.379 e. The summed E-state index contributed by atoms with van der Waals surface area (Å²) in [6.45, 7) is 2.72. The Morgan fingerprint density at radius 1 is 1.03 bits per heavy atom. The molecule has 1 fully saturated rings. The lowest BCUT2D eigenvalue weighted by Crippen LogP contribution is -2.37. The van der Waals surface area contributed by atoms with E-state index in [4.69, 9.17) is 25.5 Å². The van der Waals surface area contributed by atoms with Crippen molar-refractivity contribution in [3.8, 4) is 17.1 Å². The monoisotopic (exact) mass is 477 g/mol. The number of rotatable bonds is 6. The second kappa shape index (κ2) is 9.44. The maximum atomic E-state index is 12.4. The number of halogens is 1. The van der Waals surface area contributed by atoms with E-state index in [2.05, 4.69) is 9.88 Å². The lowest BCUT2D eigenvalue weighted by Gasteiger charge is -2.29. The Bertz CT molecular complexity index is 1150. The molecule has 0 saturated carbocycles. The van der Waals surface area contributed by atoms with Gasteiger partial charge in [0.2, 0.25) is 0 Å². The van der Waals surface area contributed by atoms with Crippen LogP contribution in [0.5, 0.6) is 5.75 Å². The SMILES string of the molecule is CSc1c(Cl)nc(-c2ccc(OS(=O)(=O)c3ccccc3)cc2)nc1N1CCOCC1. The van der Waals surface area contributed by atoms with Crippen molar-refractivity contribution in [3.05, 3.63) is 59.8 Å². The molecule has 1 saturated heterocycles. The van der Waals surface area contributed by atoms with Gasteiger partial charge in [0.15, 0.2) is 5.82 Å². The van der Waals surface area contributed by atoms with Gasteiger partial charge in [-0.2, -0.15) is 8.42 Å². The molecule has 0 bridgehead atoms. The molecule has 162 valence electrons. The van der Waals surface area contributed by atoms with Crippen molar-refractivity contribution in [1.29, 1.82) is 0 Å². The third-order valence-corrected chi connectivity index (χ3v) is 7.10. The van der Waals surface area contributed by atoms with Gasteiger partial charge in [0.25, 0.3) is 0 Å². The number of aromatic nitrogens is 2. The Hall–Kier alpha value is -2.33. The number of hydrogen-bond donors (Lipinski definition) is 0. The number of ether oxygens (including phenoxy) is 1. The van der Waals surface area contributed by atoms with E-state index in [1.54, 1.807) is 42.5 Å². The van der Waals surface area contributed by atoms with E-state index in [1.807, 2.05) is 6.26 Å². The standard InChI is InChI=1S/C21H20ClN3O4S2/c1-30-18-19(22)23-20(24-21(18)25-11-13-28-14-12-25)15-7-9-16(10-8-15)29-31(26,27)17-5-3-2-4-6-17/h2-10H,11-14H2,1H3. The highest BCUT2D eigenvalue weighted by Crippen LogP contribution is 2.35. The Balaban J connectivity index is 1.61. The zero-order chi connectivity index (χ0) is 21.8. The van der Waals surface area contributed by atoms with Gasteiger partial charge < -0.3 is 13.8 Å². The minimum atomic E-state index is -3.90. The van der Waals surface area contributed by atoms with Crippen molar-refractivity contribution in [2.24, 2.45) is 0 Å². The summed E-state index contributed by atoms with van der Waals surface area (Å²) in [6.07, 6.45) is 1.94. The van der Waals surface area contributed by atoms with E-state index in [1.165, 1.54) is 23.9 Å². The zero-order valence-electron chi connectivity index (χ0n) is 16.7. The molecule has 31 heavy (non-hydrogen) atoms. The molecule has 3 aromatic rings. The van der Waals surface area contributed by atoms with Crippen molar-refractivity contribution in [3.63, 3.8) is 0 Å². The molecule has 0 atom stereocenters. The highest BCUT2D eigenvalue weighted by molar-refractivity contribution is 7.98. The fraction of sp³-hybridized carbons (Fsp3) is 0.238. The first-order valence-corrected chi connectivity index (χ1v) is 12.5. The summed E-state index contributed by atoms with van der Waals surface area (Å²) in [5.74, 6) is 1.44. The first-order valence-electron chi connectivity index (χ1n) is 9.52. The summed E-state index contributed by atoms with van der Waals surface area (Å²) in [7, 11) is -3.90. The molecular formula is C21H20ClN3O4S2. The summed E-state index contributed by atoms with van der Waals surface area (Å²) < 4.78 is 35.5. The van der Waals surface area contributed by atoms with Crippen molar-refractivity contribution in [2.45, 2.75) is 9.79 Å². The fourth-order valence-corrected chi connectivity index (χ4v) is 5.05. The number of hydrogen-bond acceptors (Lipinski definition) is 8. The van der Waals surface area contributed by atoms with Crippen LogP contribution in [0, 0.1) is 0 Å². The number of thioether (sulfide) groups is 1. The highest BCUT2D eigenvalue weighted by Gasteiger charge is 2.21. The van der Waals surface area contributed by atoms with Crippen LogP contribution in [0.3, 0.4) is 0 Å². The van der Waals surface area contributed by atoms with E-state index in [9.17, 15) is 8.42 Å². The summed E-state index contributed by atoms with van der Waals surface area (Å²) in [4.78, 5) is 12.2. The van der Waals surface area contributed by atoms with Gasteiger partial charge in [0, 0.05) is 18.7 Å². The van der Waals surface area contributed by atoms with Crippen molar-refractivity contribution in [1.82, 2.24) is 9.97 Å². The average Bonchev–Trinajstić information content (AvgIpc) is 2.80. The maximum Gasteiger partial charge on any atom is 0.339 e. The van der Waals surface area contributed by atoms with Crippen LogP contribution in [0.4, 0.5) is 5.82 Å². The fourth-order valence-electron chi connectivity index (χ4n) is 3.13. The molecule has 1 aliphatic heterocycles. The Morgan fingerprint density at radius 3 is 2.35 bits per heavy atom. The van der Waals surface area contributed by atoms with E-state index < -0.39 is 10.1 Å². The van der Waals surface area contributed by atoms with Crippen molar-refractivity contribution >= 4 is 39.3 Å². The van der Waals surface area contributed by atoms with Gasteiger partial charge in [-0.25, -0.2) is 9.97 Å². The molecule has 10 heteroatoms. The normalized spacial score (nSPS) is 14.5. The second-order valence-electron chi connectivity index (χ2n) is 6.67. The van der Waals surface area contributed by atoms with Gasteiger partial charge in [-0.1, -0.05) is 29.8 Å². The lowest BCUT2D eigenvalue weighted by molar-refractivity contribution is 0.122. The molecule has 0 N–H and O–H groups in total. The van der Waals surface area contributed by atoms with Crippen LogP contribution in [0.15, 0.2) is 64.4 Å². The molecule has 2 heterocycles. The van der Waals surface area contributed by atoms with Crippen molar-refractivity contribution < 1.29 is 17.3 Å². The molecular weight excluding hydrogens is 458 g/mol. The lowest BCUT2D eigenvalue weighted by atomic mass is 10.2. The molecule has 0 spiro atoms. The van der Waals surface area contributed by atoms with Crippen molar-refractivity contribution in [2.75, 3.05) is 37.5 Å². The number of morpholine rings is 1. The molecule has 0 aliphatic carbocycles. The predicted molar refractivity (Wildman–Crippen MR) is 122 cm³/mol.